The number of rotatable bonds is 5. The van der Waals surface area contributed by atoms with Gasteiger partial charge in [0, 0.05) is 20.3 Å². The summed E-state index contributed by atoms with van der Waals surface area (Å²) in [7, 11) is 0. The first-order valence-corrected chi connectivity index (χ1v) is 8.12. The number of benzene rings is 1. The molecule has 0 amide bonds. The van der Waals surface area contributed by atoms with Crippen LogP contribution in [0.3, 0.4) is 0 Å². The smallest absolute Gasteiger partial charge is 0.305 e. The molecule has 0 radical (unpaired) electrons. The van der Waals surface area contributed by atoms with Crippen molar-refractivity contribution in [2.75, 3.05) is 12.5 Å². The van der Waals surface area contributed by atoms with E-state index in [-0.39, 0.29) is 6.42 Å². The molecule has 0 saturated heterocycles. The van der Waals surface area contributed by atoms with Crippen LogP contribution in [0.2, 0.25) is 0 Å². The van der Waals surface area contributed by atoms with Gasteiger partial charge in [0.2, 0.25) is 0 Å². The summed E-state index contributed by atoms with van der Waals surface area (Å²) in [5.74, 6) is -0.881. The maximum absolute atomic E-state index is 10.6. The molecule has 0 aromatic heterocycles. The third kappa shape index (κ3) is 3.91. The number of carboxylic acid groups (broad SMARTS) is 1. The molecule has 0 bridgehead atoms. The lowest BCUT2D eigenvalue weighted by Gasteiger charge is -2.14. The first-order chi connectivity index (χ1) is 7.99. The van der Waals surface area contributed by atoms with Crippen LogP contribution in [-0.2, 0) is 4.79 Å². The highest BCUT2D eigenvalue weighted by Gasteiger charge is 2.15. The Morgan fingerprint density at radius 1 is 1.47 bits per heavy atom. The number of hydrogen-bond acceptors (Lipinski definition) is 4. The van der Waals surface area contributed by atoms with E-state index < -0.39 is 12.0 Å². The normalized spacial score (nSPS) is 12.5. The Bertz CT molecular complexity index is 426. The van der Waals surface area contributed by atoms with E-state index in [1.807, 2.05) is 24.6 Å². The lowest BCUT2D eigenvalue weighted by atomic mass is 10.1. The number of aliphatic carboxylic acids is 1. The van der Waals surface area contributed by atoms with Gasteiger partial charge in [-0.15, -0.1) is 23.5 Å². The topological polar surface area (TPSA) is 63.3 Å². The monoisotopic (exact) mass is 335 g/mol. The molecule has 17 heavy (non-hydrogen) atoms. The Morgan fingerprint density at radius 2 is 2.12 bits per heavy atom. The fourth-order valence-electron chi connectivity index (χ4n) is 1.46. The van der Waals surface area contributed by atoms with E-state index >= 15 is 0 Å². The molecule has 0 aliphatic rings. The highest BCUT2D eigenvalue weighted by atomic mass is 79.9. The summed E-state index contributed by atoms with van der Waals surface area (Å²) < 4.78 is 0.965. The molecule has 0 spiro atoms. The van der Waals surface area contributed by atoms with Crippen molar-refractivity contribution in [2.45, 2.75) is 22.3 Å². The zero-order valence-electron chi connectivity index (χ0n) is 9.57. The van der Waals surface area contributed by atoms with E-state index in [0.29, 0.717) is 0 Å². The van der Waals surface area contributed by atoms with Crippen LogP contribution in [0.15, 0.2) is 26.4 Å². The fourth-order valence-corrected chi connectivity index (χ4v) is 4.12. The zero-order chi connectivity index (χ0) is 13.0. The van der Waals surface area contributed by atoms with Crippen molar-refractivity contribution >= 4 is 45.4 Å². The second kappa shape index (κ2) is 6.68. The highest BCUT2D eigenvalue weighted by Crippen LogP contribution is 2.37. The molecule has 0 aliphatic heterocycles. The highest BCUT2D eigenvalue weighted by molar-refractivity contribution is 9.10. The SMILES string of the molecule is CSc1cc(C(N)CC(=O)O)cc(Br)c1SC. The van der Waals surface area contributed by atoms with Crippen LogP contribution in [0, 0.1) is 0 Å². The van der Waals surface area contributed by atoms with E-state index in [9.17, 15) is 4.79 Å². The van der Waals surface area contributed by atoms with Crippen molar-refractivity contribution in [3.8, 4) is 0 Å². The lowest BCUT2D eigenvalue weighted by Crippen LogP contribution is -2.15. The largest absolute Gasteiger partial charge is 0.481 e. The van der Waals surface area contributed by atoms with Gasteiger partial charge in [-0.3, -0.25) is 4.79 Å². The van der Waals surface area contributed by atoms with Gasteiger partial charge in [-0.25, -0.2) is 0 Å². The van der Waals surface area contributed by atoms with Crippen molar-refractivity contribution in [2.24, 2.45) is 5.73 Å². The Morgan fingerprint density at radius 3 is 2.59 bits per heavy atom. The Kier molecular flexibility index (Phi) is 5.85. The summed E-state index contributed by atoms with van der Waals surface area (Å²) in [5.41, 5.74) is 6.71. The van der Waals surface area contributed by atoms with Crippen molar-refractivity contribution in [3.05, 3.63) is 22.2 Å². The molecule has 3 nitrogen and oxygen atoms in total. The summed E-state index contributed by atoms with van der Waals surface area (Å²) >= 11 is 6.78. The average molecular weight is 336 g/mol. The second-order valence-electron chi connectivity index (χ2n) is 3.44. The Labute approximate surface area is 118 Å². The number of halogens is 1. The Balaban J connectivity index is 3.10. The minimum absolute atomic E-state index is 0.0567. The van der Waals surface area contributed by atoms with Gasteiger partial charge in [0.15, 0.2) is 0 Å². The first kappa shape index (κ1) is 14.9. The Hall–Kier alpha value is -0.170. The molecule has 1 aromatic rings. The van der Waals surface area contributed by atoms with Gasteiger partial charge in [-0.05, 0) is 46.1 Å². The minimum Gasteiger partial charge on any atom is -0.481 e. The third-order valence-electron chi connectivity index (χ3n) is 2.28. The molecular weight excluding hydrogens is 322 g/mol. The average Bonchev–Trinajstić information content (AvgIpc) is 2.26. The van der Waals surface area contributed by atoms with E-state index in [2.05, 4.69) is 15.9 Å². The molecular formula is C11H14BrNO2S2. The van der Waals surface area contributed by atoms with Crippen LogP contribution in [0.1, 0.15) is 18.0 Å². The first-order valence-electron chi connectivity index (χ1n) is 4.88. The molecule has 3 N–H and O–H groups in total. The van der Waals surface area contributed by atoms with Gasteiger partial charge in [0.25, 0.3) is 0 Å². The minimum atomic E-state index is -0.881. The molecule has 0 aliphatic carbocycles. The van der Waals surface area contributed by atoms with Crippen LogP contribution in [0.25, 0.3) is 0 Å². The molecule has 1 rings (SSSR count). The lowest BCUT2D eigenvalue weighted by molar-refractivity contribution is -0.137. The molecule has 94 valence electrons. The van der Waals surface area contributed by atoms with Crippen LogP contribution >= 0.6 is 39.5 Å². The van der Waals surface area contributed by atoms with Gasteiger partial charge >= 0.3 is 5.97 Å². The van der Waals surface area contributed by atoms with Gasteiger partial charge in [0.05, 0.1) is 6.42 Å². The van der Waals surface area contributed by atoms with E-state index in [0.717, 1.165) is 19.8 Å². The number of nitrogens with two attached hydrogens (primary N) is 1. The number of carbonyl (C=O) groups is 1. The van der Waals surface area contributed by atoms with Gasteiger partial charge in [-0.2, -0.15) is 0 Å². The third-order valence-corrected chi connectivity index (χ3v) is 4.91. The number of hydrogen-bond donors (Lipinski definition) is 2. The predicted molar refractivity (Wildman–Crippen MR) is 76.9 cm³/mol. The maximum Gasteiger partial charge on any atom is 0.305 e. The maximum atomic E-state index is 10.6. The van der Waals surface area contributed by atoms with Gasteiger partial charge < -0.3 is 10.8 Å². The molecule has 0 fully saturated rings. The van der Waals surface area contributed by atoms with Crippen molar-refractivity contribution in [3.63, 3.8) is 0 Å². The molecule has 1 unspecified atom stereocenters. The van der Waals surface area contributed by atoms with Crippen LogP contribution in [-0.4, -0.2) is 23.6 Å². The zero-order valence-corrected chi connectivity index (χ0v) is 12.8. The molecule has 0 saturated carbocycles. The second-order valence-corrected chi connectivity index (χ2v) is 5.96. The van der Waals surface area contributed by atoms with Crippen LogP contribution in [0.4, 0.5) is 0 Å². The number of carboxylic acids is 1. The van der Waals surface area contributed by atoms with Crippen LogP contribution in [0.5, 0.6) is 0 Å². The van der Waals surface area contributed by atoms with Crippen molar-refractivity contribution in [1.29, 1.82) is 0 Å². The molecule has 1 atom stereocenters. The summed E-state index contributed by atoms with van der Waals surface area (Å²) in [6.07, 6.45) is 3.95. The fraction of sp³-hybridized carbons (Fsp3) is 0.364. The van der Waals surface area contributed by atoms with Crippen molar-refractivity contribution < 1.29 is 9.90 Å². The van der Waals surface area contributed by atoms with Gasteiger partial charge in [-0.1, -0.05) is 0 Å². The summed E-state index contributed by atoms with van der Waals surface area (Å²) in [6.45, 7) is 0. The van der Waals surface area contributed by atoms with Crippen LogP contribution < -0.4 is 5.73 Å². The standard InChI is InChI=1S/C11H14BrNO2S2/c1-16-9-4-6(8(13)5-10(14)15)3-7(12)11(9)17-2/h3-4,8H,5,13H2,1-2H3,(H,14,15). The van der Waals surface area contributed by atoms with Gasteiger partial charge in [0.1, 0.15) is 0 Å². The number of thioether (sulfide) groups is 2. The quantitative estimate of drug-likeness (QED) is 0.807. The van der Waals surface area contributed by atoms with E-state index in [1.165, 1.54) is 0 Å². The van der Waals surface area contributed by atoms with E-state index in [4.69, 9.17) is 10.8 Å². The van der Waals surface area contributed by atoms with E-state index in [1.54, 1.807) is 23.5 Å². The summed E-state index contributed by atoms with van der Waals surface area (Å²) in [6, 6.07) is 3.40. The summed E-state index contributed by atoms with van der Waals surface area (Å²) in [4.78, 5) is 12.9. The molecule has 1 aromatic carbocycles. The predicted octanol–water partition coefficient (Wildman–Crippen LogP) is 3.37. The van der Waals surface area contributed by atoms with Crippen molar-refractivity contribution in [1.82, 2.24) is 0 Å². The summed E-state index contributed by atoms with van der Waals surface area (Å²) in [5, 5.41) is 8.74. The molecule has 6 heteroatoms. The molecule has 0 heterocycles.